The van der Waals surface area contributed by atoms with Crippen LogP contribution in [0.2, 0.25) is 25.7 Å². The lowest BCUT2D eigenvalue weighted by atomic mass is 10.0. The number of aromatic nitrogens is 2. The molecule has 0 fully saturated rings. The number of hydrogen-bond acceptors (Lipinski definition) is 8. The van der Waals surface area contributed by atoms with Crippen molar-refractivity contribution in [3.8, 4) is 17.2 Å². The fraction of sp³-hybridized carbons (Fsp3) is 0.333. The molecule has 3 aromatic carbocycles. The number of benzene rings is 3. The highest BCUT2D eigenvalue weighted by Gasteiger charge is 2.33. The number of nitrogens with one attached hydrogen (secondary N) is 2. The van der Waals surface area contributed by atoms with E-state index in [-0.39, 0.29) is 52.2 Å². The number of esters is 1. The van der Waals surface area contributed by atoms with Crippen LogP contribution in [-0.2, 0) is 37.4 Å². The monoisotopic (exact) mass is 713 g/mol. The van der Waals surface area contributed by atoms with Crippen LogP contribution < -0.4 is 10.0 Å². The normalized spacial score (nSPS) is 14.4. The molecule has 258 valence electrons. The molecule has 0 bridgehead atoms. The van der Waals surface area contributed by atoms with Crippen molar-refractivity contribution in [1.29, 1.82) is 5.26 Å². The number of fused-ring (bicyclic) bond motifs is 2. The Bertz CT molecular complexity index is 2140. The van der Waals surface area contributed by atoms with Crippen molar-refractivity contribution >= 4 is 46.6 Å². The highest BCUT2D eigenvalue weighted by atomic mass is 32.2. The van der Waals surface area contributed by atoms with Crippen LogP contribution >= 0.6 is 0 Å². The van der Waals surface area contributed by atoms with Gasteiger partial charge in [-0.25, -0.2) is 26.3 Å². The minimum absolute atomic E-state index is 0.0361. The van der Waals surface area contributed by atoms with Gasteiger partial charge >= 0.3 is 5.97 Å². The number of carbonyl (C=O) groups is 2. The van der Waals surface area contributed by atoms with E-state index in [1.54, 1.807) is 0 Å². The van der Waals surface area contributed by atoms with Gasteiger partial charge in [0.05, 0.1) is 27.8 Å². The van der Waals surface area contributed by atoms with E-state index in [0.29, 0.717) is 12.2 Å². The zero-order valence-corrected chi connectivity index (χ0v) is 29.2. The van der Waals surface area contributed by atoms with E-state index in [9.17, 15) is 23.3 Å². The summed E-state index contributed by atoms with van der Waals surface area (Å²) in [6.45, 7) is 7.78. The fourth-order valence-corrected chi connectivity index (χ4v) is 7.83. The Morgan fingerprint density at radius 1 is 1.12 bits per heavy atom. The summed E-state index contributed by atoms with van der Waals surface area (Å²) in [4.78, 5) is 23.8. The van der Waals surface area contributed by atoms with Gasteiger partial charge in [-0.3, -0.25) is 14.3 Å². The lowest BCUT2D eigenvalue weighted by Gasteiger charge is -2.17. The van der Waals surface area contributed by atoms with Gasteiger partial charge in [-0.2, -0.15) is 10.4 Å². The summed E-state index contributed by atoms with van der Waals surface area (Å²) in [7, 11) is -4.70. The highest BCUT2D eigenvalue weighted by Crippen LogP contribution is 2.40. The molecule has 5 rings (SSSR count). The number of nitrogens with zero attached hydrogens (tertiary/aromatic N) is 3. The van der Waals surface area contributed by atoms with Crippen molar-refractivity contribution in [2.75, 3.05) is 18.4 Å². The first kappa shape index (κ1) is 35.6. The molecule has 2 N–H and O–H groups in total. The van der Waals surface area contributed by atoms with Gasteiger partial charge in [-0.05, 0) is 60.3 Å². The second kappa shape index (κ2) is 13.7. The molecule has 1 heterocycles. The van der Waals surface area contributed by atoms with Crippen molar-refractivity contribution in [1.82, 2.24) is 15.1 Å². The first-order valence-electron chi connectivity index (χ1n) is 15.3. The van der Waals surface area contributed by atoms with E-state index in [4.69, 9.17) is 9.47 Å². The van der Waals surface area contributed by atoms with E-state index in [1.807, 2.05) is 6.07 Å². The molecule has 1 unspecified atom stereocenters. The second-order valence-corrected chi connectivity index (χ2v) is 20.1. The fourth-order valence-electron chi connectivity index (χ4n) is 5.69. The molecule has 1 atom stereocenters. The lowest BCUT2D eigenvalue weighted by Crippen LogP contribution is -2.22. The van der Waals surface area contributed by atoms with Crippen molar-refractivity contribution in [3.63, 3.8) is 0 Å². The predicted octanol–water partition coefficient (Wildman–Crippen LogP) is 6.02. The maximum atomic E-state index is 16.4. The van der Waals surface area contributed by atoms with Gasteiger partial charge in [0.15, 0.2) is 17.3 Å². The third kappa shape index (κ3) is 7.19. The molecule has 11 nitrogen and oxygen atoms in total. The molecule has 1 aromatic heterocycles. The molecule has 0 saturated heterocycles. The largest absolute Gasteiger partial charge is 0.458 e. The summed E-state index contributed by atoms with van der Waals surface area (Å²) < 4.78 is 89.5. The minimum atomic E-state index is -4.61. The second-order valence-electron chi connectivity index (χ2n) is 12.8. The molecule has 0 spiro atoms. The van der Waals surface area contributed by atoms with Gasteiger partial charge in [0.2, 0.25) is 0 Å². The van der Waals surface area contributed by atoms with Crippen LogP contribution in [-0.4, -0.2) is 51.8 Å². The number of carbonyl (C=O) groups excluding carboxylic acids is 2. The molecule has 4 aromatic rings. The predicted molar refractivity (Wildman–Crippen MR) is 177 cm³/mol. The lowest BCUT2D eigenvalue weighted by molar-refractivity contribution is -0.146. The van der Waals surface area contributed by atoms with Crippen molar-refractivity contribution in [3.05, 3.63) is 76.2 Å². The summed E-state index contributed by atoms with van der Waals surface area (Å²) in [6, 6.07) is 9.27. The molecule has 1 aliphatic rings. The zero-order valence-electron chi connectivity index (χ0n) is 27.4. The zero-order chi connectivity index (χ0) is 35.8. The Morgan fingerprint density at radius 3 is 2.51 bits per heavy atom. The first-order valence-corrected chi connectivity index (χ1v) is 20.5. The van der Waals surface area contributed by atoms with E-state index in [0.717, 1.165) is 35.0 Å². The summed E-state index contributed by atoms with van der Waals surface area (Å²) >= 11 is 0. The number of sulfonamides is 1. The summed E-state index contributed by atoms with van der Waals surface area (Å²) in [5.74, 6) is -4.90. The maximum Gasteiger partial charge on any atom is 0.303 e. The Hall–Kier alpha value is -4.72. The Labute approximate surface area is 282 Å². The number of rotatable bonds is 11. The van der Waals surface area contributed by atoms with Crippen molar-refractivity contribution < 1.29 is 40.7 Å². The Kier molecular flexibility index (Phi) is 9.91. The Morgan fingerprint density at radius 2 is 1.86 bits per heavy atom. The van der Waals surface area contributed by atoms with Gasteiger partial charge in [-0.1, -0.05) is 25.7 Å². The van der Waals surface area contributed by atoms with Crippen LogP contribution in [0.25, 0.3) is 22.0 Å². The highest BCUT2D eigenvalue weighted by molar-refractivity contribution is 7.92. The molecular weight excluding hydrogens is 680 g/mol. The number of anilines is 1. The van der Waals surface area contributed by atoms with Crippen LogP contribution in [0.3, 0.4) is 0 Å². The Balaban J connectivity index is 1.57. The summed E-state index contributed by atoms with van der Waals surface area (Å²) in [5.41, 5.74) is -1.87. The van der Waals surface area contributed by atoms with Crippen LogP contribution in [0.5, 0.6) is 0 Å². The molecule has 1 amide bonds. The molecule has 49 heavy (non-hydrogen) atoms. The molecule has 0 saturated carbocycles. The average Bonchev–Trinajstić information content (AvgIpc) is 3.61. The quantitative estimate of drug-likeness (QED) is 0.109. The van der Waals surface area contributed by atoms with Crippen molar-refractivity contribution in [2.45, 2.75) is 63.2 Å². The topological polar surface area (TPSA) is 152 Å². The summed E-state index contributed by atoms with van der Waals surface area (Å²) in [6.07, 6.45) is -0.319. The molecule has 0 radical (unpaired) electrons. The van der Waals surface area contributed by atoms with Crippen molar-refractivity contribution in [2.24, 2.45) is 0 Å². The van der Waals surface area contributed by atoms with E-state index in [1.165, 1.54) is 26.1 Å². The molecule has 16 heteroatoms. The van der Waals surface area contributed by atoms with Gasteiger partial charge in [0.1, 0.15) is 24.2 Å². The van der Waals surface area contributed by atoms with Crippen LogP contribution in [0, 0.1) is 28.8 Å². The van der Waals surface area contributed by atoms with Crippen LogP contribution in [0.1, 0.15) is 46.6 Å². The van der Waals surface area contributed by atoms with E-state index >= 15 is 13.2 Å². The van der Waals surface area contributed by atoms with Crippen LogP contribution in [0.4, 0.5) is 18.9 Å². The standard InChI is InChI=1S/C33H34F3N5O6SSi/c1-18(42)47-26-11-8-20-23(26)14-19(16-37)15-27(20)48(44,45)40-25-10-9-24(34)28(30(25)36)21-6-7-22-31(33(43)38-2)39-41(32(22)29(21)35)17-46-12-13-49(3,4)5/h6-7,9-10,14-15,26,40H,8,11-13,17H2,1-5H3,(H,38,43). The number of halogens is 3. The summed E-state index contributed by atoms with van der Waals surface area (Å²) in [5, 5.41) is 16.3. The van der Waals surface area contributed by atoms with Gasteiger partial charge in [0, 0.05) is 39.6 Å². The number of amides is 1. The molecule has 0 aliphatic heterocycles. The smallest absolute Gasteiger partial charge is 0.303 e. The SMILES string of the molecule is CNC(=O)c1nn(COCC[Si](C)(C)C)c2c(F)c(-c3c(F)ccc(NS(=O)(=O)c4cc(C#N)cc5c4CCC5OC(C)=O)c3F)ccc12. The van der Waals surface area contributed by atoms with E-state index in [2.05, 4.69) is 34.8 Å². The van der Waals surface area contributed by atoms with Crippen LogP contribution in [0.15, 0.2) is 41.3 Å². The molecular formula is C33H34F3N5O6SSi. The van der Waals surface area contributed by atoms with Gasteiger partial charge in [-0.15, -0.1) is 0 Å². The number of hydrogen-bond donors (Lipinski definition) is 2. The minimum Gasteiger partial charge on any atom is -0.458 e. The number of nitriles is 1. The third-order valence-electron chi connectivity index (χ3n) is 8.08. The van der Waals surface area contributed by atoms with Gasteiger partial charge < -0.3 is 14.8 Å². The number of ether oxygens (including phenoxy) is 2. The first-order chi connectivity index (χ1) is 23.1. The molecule has 1 aliphatic carbocycles. The average molecular weight is 714 g/mol. The van der Waals surface area contributed by atoms with Gasteiger partial charge in [0.25, 0.3) is 15.9 Å². The third-order valence-corrected chi connectivity index (χ3v) is 11.2. The van der Waals surface area contributed by atoms with E-state index < -0.39 is 70.3 Å². The maximum absolute atomic E-state index is 16.4.